The largest absolute Gasteiger partial charge is 0.464 e. The summed E-state index contributed by atoms with van der Waals surface area (Å²) in [6.45, 7) is 9.12. The second-order valence-corrected chi connectivity index (χ2v) is 9.55. The Hall–Kier alpha value is -1.76. The molecule has 1 unspecified atom stereocenters. The van der Waals surface area contributed by atoms with Crippen LogP contribution in [0.5, 0.6) is 0 Å². The van der Waals surface area contributed by atoms with E-state index in [1.54, 1.807) is 11.3 Å². The van der Waals surface area contributed by atoms with E-state index in [0.29, 0.717) is 22.7 Å². The molecule has 2 aromatic rings. The number of hydrogen-bond donors (Lipinski definition) is 0. The van der Waals surface area contributed by atoms with E-state index in [4.69, 9.17) is 4.74 Å². The van der Waals surface area contributed by atoms with Gasteiger partial charge < -0.3 is 4.74 Å². The molecule has 0 aliphatic heterocycles. The van der Waals surface area contributed by atoms with Crippen LogP contribution in [0.25, 0.3) is 10.2 Å². The van der Waals surface area contributed by atoms with Gasteiger partial charge in [0.05, 0.1) is 12.0 Å². The van der Waals surface area contributed by atoms with Gasteiger partial charge in [-0.15, -0.1) is 16.4 Å². The minimum absolute atomic E-state index is 0.177. The van der Waals surface area contributed by atoms with Crippen molar-refractivity contribution in [2.75, 3.05) is 6.61 Å². The normalized spacial score (nSPS) is 17.1. The van der Waals surface area contributed by atoms with Crippen LogP contribution >= 0.6 is 11.3 Å². The summed E-state index contributed by atoms with van der Waals surface area (Å²) in [7, 11) is 0. The van der Waals surface area contributed by atoms with Crippen LogP contribution in [0.4, 0.5) is 0 Å². The average Bonchev–Trinajstić information content (AvgIpc) is 2.99. The lowest BCUT2D eigenvalue weighted by Crippen LogP contribution is -2.30. The number of fused-ring (bicyclic) bond motifs is 3. The van der Waals surface area contributed by atoms with Crippen LogP contribution in [0.3, 0.4) is 0 Å². The predicted octanol–water partition coefficient (Wildman–Crippen LogP) is 3.74. The fraction of sp³-hybridized carbons (Fsp3) is 0.700. The molecule has 1 atom stereocenters. The van der Waals surface area contributed by atoms with E-state index in [0.717, 1.165) is 48.8 Å². The van der Waals surface area contributed by atoms with E-state index >= 15 is 0 Å². The molecule has 7 heteroatoms. The van der Waals surface area contributed by atoms with Crippen molar-refractivity contribution in [3.05, 3.63) is 20.8 Å². The van der Waals surface area contributed by atoms with Crippen LogP contribution in [0, 0.1) is 11.3 Å². The Kier molecular flexibility index (Phi) is 5.99. The molecule has 0 saturated heterocycles. The summed E-state index contributed by atoms with van der Waals surface area (Å²) in [6, 6.07) is 0. The number of unbranched alkanes of at least 4 members (excludes halogenated alkanes) is 2. The second-order valence-electron chi connectivity index (χ2n) is 8.47. The highest BCUT2D eigenvalue weighted by Crippen LogP contribution is 2.41. The minimum Gasteiger partial charge on any atom is -0.464 e. The molecule has 1 aliphatic carbocycles. The first-order chi connectivity index (χ1) is 12.8. The summed E-state index contributed by atoms with van der Waals surface area (Å²) in [4.78, 5) is 26.8. The Balaban J connectivity index is 1.80. The van der Waals surface area contributed by atoms with Crippen molar-refractivity contribution < 1.29 is 9.53 Å². The summed E-state index contributed by atoms with van der Waals surface area (Å²) < 4.78 is 6.34. The lowest BCUT2D eigenvalue weighted by Gasteiger charge is -2.33. The average molecular weight is 392 g/mol. The number of aromatic nitrogens is 3. The van der Waals surface area contributed by atoms with Gasteiger partial charge >= 0.3 is 5.97 Å². The number of nitrogens with zero attached hydrogens (tertiary/aromatic N) is 3. The standard InChI is InChI=1S/C20H29N3O3S/c1-5-6-7-10-26-16(24)12-23-19(25)17-14-9-8-13(20(2,3)4)11-15(14)27-18(17)21-22-23/h13H,5-12H2,1-4H3. The smallest absolute Gasteiger partial charge is 0.327 e. The molecule has 148 valence electrons. The zero-order chi connectivity index (χ0) is 19.6. The third kappa shape index (κ3) is 4.39. The number of thiophene rings is 1. The molecule has 0 N–H and O–H groups in total. The van der Waals surface area contributed by atoms with Crippen molar-refractivity contribution in [3.8, 4) is 0 Å². The quantitative estimate of drug-likeness (QED) is 0.554. The van der Waals surface area contributed by atoms with Crippen LogP contribution in [0.1, 0.15) is 63.8 Å². The number of hydrogen-bond acceptors (Lipinski definition) is 6. The third-order valence-corrected chi connectivity index (χ3v) is 6.59. The third-order valence-electron chi connectivity index (χ3n) is 5.45. The van der Waals surface area contributed by atoms with Gasteiger partial charge in [0.1, 0.15) is 6.54 Å². The number of ether oxygens (including phenoxy) is 1. The van der Waals surface area contributed by atoms with E-state index in [9.17, 15) is 9.59 Å². The highest BCUT2D eigenvalue weighted by Gasteiger charge is 2.32. The van der Waals surface area contributed by atoms with E-state index in [1.807, 2.05) is 0 Å². The Morgan fingerprint density at radius 1 is 1.33 bits per heavy atom. The van der Waals surface area contributed by atoms with Crippen LogP contribution in [-0.4, -0.2) is 27.6 Å². The van der Waals surface area contributed by atoms with Crippen molar-refractivity contribution in [2.24, 2.45) is 11.3 Å². The summed E-state index contributed by atoms with van der Waals surface area (Å²) in [6.07, 6.45) is 5.88. The van der Waals surface area contributed by atoms with Crippen molar-refractivity contribution in [1.82, 2.24) is 15.0 Å². The molecule has 0 bridgehead atoms. The van der Waals surface area contributed by atoms with Gasteiger partial charge in [-0.25, -0.2) is 0 Å². The molecular weight excluding hydrogens is 362 g/mol. The van der Waals surface area contributed by atoms with Gasteiger partial charge in [-0.2, -0.15) is 4.68 Å². The van der Waals surface area contributed by atoms with Crippen LogP contribution in [0.2, 0.25) is 0 Å². The first kappa shape index (κ1) is 20.0. The van der Waals surface area contributed by atoms with Crippen LogP contribution in [-0.2, 0) is 28.9 Å². The Labute approximate surface area is 163 Å². The molecule has 1 aliphatic rings. The highest BCUT2D eigenvalue weighted by molar-refractivity contribution is 7.18. The SMILES string of the molecule is CCCCCOC(=O)Cn1nnc2sc3c(c2c1=O)CCC(C(C)(C)C)C3. The summed E-state index contributed by atoms with van der Waals surface area (Å²) >= 11 is 1.58. The van der Waals surface area contributed by atoms with Crippen molar-refractivity contribution in [1.29, 1.82) is 0 Å². The molecule has 0 aromatic carbocycles. The van der Waals surface area contributed by atoms with Gasteiger partial charge in [0, 0.05) is 4.88 Å². The molecule has 27 heavy (non-hydrogen) atoms. The van der Waals surface area contributed by atoms with Crippen LogP contribution in [0.15, 0.2) is 4.79 Å². The Morgan fingerprint density at radius 3 is 2.81 bits per heavy atom. The summed E-state index contributed by atoms with van der Waals surface area (Å²) in [5, 5.41) is 8.84. The van der Waals surface area contributed by atoms with E-state index in [2.05, 4.69) is 38.0 Å². The van der Waals surface area contributed by atoms with Gasteiger partial charge in [0.15, 0.2) is 4.83 Å². The van der Waals surface area contributed by atoms with Crippen molar-refractivity contribution in [3.63, 3.8) is 0 Å². The molecule has 0 saturated carbocycles. The molecule has 0 spiro atoms. The molecule has 6 nitrogen and oxygen atoms in total. The maximum absolute atomic E-state index is 12.9. The zero-order valence-corrected chi connectivity index (χ0v) is 17.5. The van der Waals surface area contributed by atoms with Crippen LogP contribution < -0.4 is 5.56 Å². The number of esters is 1. The molecule has 0 radical (unpaired) electrons. The monoisotopic (exact) mass is 391 g/mol. The Bertz CT molecular complexity index is 879. The summed E-state index contributed by atoms with van der Waals surface area (Å²) in [5.41, 5.74) is 1.14. The second kappa shape index (κ2) is 8.09. The Morgan fingerprint density at radius 2 is 2.11 bits per heavy atom. The number of carbonyl (C=O) groups is 1. The number of aryl methyl sites for hydroxylation is 1. The first-order valence-electron chi connectivity index (χ1n) is 9.85. The maximum Gasteiger partial charge on any atom is 0.327 e. The van der Waals surface area contributed by atoms with Gasteiger partial charge in [-0.3, -0.25) is 9.59 Å². The van der Waals surface area contributed by atoms with E-state index in [-0.39, 0.29) is 17.5 Å². The number of carbonyl (C=O) groups excluding carboxylic acids is 1. The topological polar surface area (TPSA) is 74.1 Å². The number of rotatable bonds is 6. The van der Waals surface area contributed by atoms with E-state index < -0.39 is 5.97 Å². The lowest BCUT2D eigenvalue weighted by molar-refractivity contribution is -0.144. The fourth-order valence-electron chi connectivity index (χ4n) is 3.68. The lowest BCUT2D eigenvalue weighted by atomic mass is 9.72. The zero-order valence-electron chi connectivity index (χ0n) is 16.7. The molecule has 2 heterocycles. The van der Waals surface area contributed by atoms with Crippen molar-refractivity contribution in [2.45, 2.75) is 72.8 Å². The molecule has 2 aromatic heterocycles. The first-order valence-corrected chi connectivity index (χ1v) is 10.7. The molecule has 0 fully saturated rings. The summed E-state index contributed by atoms with van der Waals surface area (Å²) in [5.74, 6) is 0.171. The molecular formula is C20H29N3O3S. The van der Waals surface area contributed by atoms with E-state index in [1.165, 1.54) is 4.88 Å². The maximum atomic E-state index is 12.9. The minimum atomic E-state index is -0.432. The van der Waals surface area contributed by atoms with Gasteiger partial charge in [0.25, 0.3) is 5.56 Å². The molecule has 0 amide bonds. The molecule has 3 rings (SSSR count). The highest BCUT2D eigenvalue weighted by atomic mass is 32.1. The van der Waals surface area contributed by atoms with Gasteiger partial charge in [-0.05, 0) is 42.6 Å². The predicted molar refractivity (Wildman–Crippen MR) is 107 cm³/mol. The fourth-order valence-corrected chi connectivity index (χ4v) is 4.91. The van der Waals surface area contributed by atoms with Crippen molar-refractivity contribution >= 4 is 27.5 Å². The van der Waals surface area contributed by atoms with Gasteiger partial charge in [-0.1, -0.05) is 45.7 Å². The van der Waals surface area contributed by atoms with Gasteiger partial charge in [0.2, 0.25) is 0 Å².